The number of hydrogen-bond acceptors (Lipinski definition) is 3. The van der Waals surface area contributed by atoms with E-state index >= 15 is 4.39 Å². The second-order valence-electron chi connectivity index (χ2n) is 6.63. The van der Waals surface area contributed by atoms with E-state index in [9.17, 15) is 4.39 Å². The van der Waals surface area contributed by atoms with Crippen LogP contribution in [0, 0.1) is 11.6 Å². The summed E-state index contributed by atoms with van der Waals surface area (Å²) in [4.78, 5) is 0. The summed E-state index contributed by atoms with van der Waals surface area (Å²) in [6.45, 7) is 0. The summed E-state index contributed by atoms with van der Waals surface area (Å²) in [6, 6.07) is 13.9. The maximum absolute atomic E-state index is 15.4. The van der Waals surface area contributed by atoms with Crippen LogP contribution in [0.15, 0.2) is 48.5 Å². The van der Waals surface area contributed by atoms with E-state index in [0.717, 1.165) is 5.56 Å². The molecule has 4 rings (SSSR count). The first-order valence-electron chi connectivity index (χ1n) is 8.83. The van der Waals surface area contributed by atoms with Crippen molar-refractivity contribution in [3.8, 4) is 22.6 Å². The number of benzene rings is 3. The van der Waals surface area contributed by atoms with Crippen LogP contribution in [0.1, 0.15) is 22.8 Å². The molecule has 0 saturated carbocycles. The van der Waals surface area contributed by atoms with Crippen LogP contribution in [0.4, 0.5) is 8.78 Å². The SMILES string of the molecule is COc1ccc([C](N)=[V])c(-c2c(Cl)c(F)cc3c2CC(c2ccccc2)O3)c1F. The quantitative estimate of drug-likeness (QED) is 0.611. The first kappa shape index (κ1) is 20.1. The van der Waals surface area contributed by atoms with Crippen molar-refractivity contribution < 1.29 is 35.2 Å². The zero-order valence-electron chi connectivity index (χ0n) is 15.4. The normalized spacial score (nSPS) is 15.0. The van der Waals surface area contributed by atoms with E-state index in [4.69, 9.17) is 26.8 Å². The summed E-state index contributed by atoms with van der Waals surface area (Å²) in [5.41, 5.74) is 8.29. The van der Waals surface area contributed by atoms with E-state index in [-0.39, 0.29) is 28.0 Å². The maximum atomic E-state index is 15.4. The molecule has 0 spiro atoms. The van der Waals surface area contributed by atoms with Gasteiger partial charge >= 0.3 is 181 Å². The molecule has 3 aromatic rings. The molecular weight excluding hydrogens is 435 g/mol. The van der Waals surface area contributed by atoms with Crippen LogP contribution >= 0.6 is 11.6 Å². The van der Waals surface area contributed by atoms with E-state index in [0.29, 0.717) is 27.6 Å². The first-order valence-corrected chi connectivity index (χ1v) is 9.91. The number of rotatable bonds is 4. The van der Waals surface area contributed by atoms with Gasteiger partial charge in [-0.2, -0.15) is 0 Å². The molecule has 7 heteroatoms. The third-order valence-electron chi connectivity index (χ3n) is 4.97. The van der Waals surface area contributed by atoms with Crippen molar-refractivity contribution in [1.82, 2.24) is 0 Å². The Kier molecular flexibility index (Phi) is 5.49. The Morgan fingerprint density at radius 2 is 1.90 bits per heavy atom. The zero-order chi connectivity index (χ0) is 20.7. The van der Waals surface area contributed by atoms with E-state index in [1.165, 1.54) is 19.2 Å². The average molecular weight is 451 g/mol. The van der Waals surface area contributed by atoms with Crippen molar-refractivity contribution in [2.45, 2.75) is 12.5 Å². The van der Waals surface area contributed by atoms with Gasteiger partial charge in [0.1, 0.15) is 0 Å². The number of ether oxygens (including phenoxy) is 2. The molecule has 1 aliphatic heterocycles. The van der Waals surface area contributed by atoms with Gasteiger partial charge in [0, 0.05) is 0 Å². The van der Waals surface area contributed by atoms with Gasteiger partial charge in [-0.05, 0) is 0 Å². The van der Waals surface area contributed by atoms with Gasteiger partial charge in [0.05, 0.1) is 0 Å². The molecule has 29 heavy (non-hydrogen) atoms. The second kappa shape index (κ2) is 7.92. The van der Waals surface area contributed by atoms with Gasteiger partial charge in [-0.15, -0.1) is 0 Å². The van der Waals surface area contributed by atoms with Crippen LogP contribution in [-0.4, -0.2) is 11.5 Å². The molecular formula is C22H16ClF2NO2V. The van der Waals surface area contributed by atoms with Gasteiger partial charge in [0.2, 0.25) is 0 Å². The van der Waals surface area contributed by atoms with Crippen molar-refractivity contribution >= 4 is 16.0 Å². The van der Waals surface area contributed by atoms with E-state index in [1.807, 2.05) is 30.3 Å². The van der Waals surface area contributed by atoms with E-state index in [1.54, 1.807) is 6.07 Å². The number of fused-ring (bicyclic) bond motifs is 1. The Bertz CT molecular complexity index is 1120. The van der Waals surface area contributed by atoms with Gasteiger partial charge in [-0.25, -0.2) is 0 Å². The van der Waals surface area contributed by atoms with Crippen LogP contribution in [0.25, 0.3) is 11.1 Å². The standard InChI is InChI=1S/C22H16ClF2NO2.V/c1-27-16-8-7-13(11-26)19(22(16)25)20-14-9-17(12-5-3-2-4-6-12)28-18(14)10-15(24)21(20)23;/h2-8,10,17H,9,26H2,1H3;. The van der Waals surface area contributed by atoms with Gasteiger partial charge in [0.15, 0.2) is 0 Å². The Balaban J connectivity index is 1.96. The fourth-order valence-electron chi connectivity index (χ4n) is 3.62. The number of hydrogen-bond donors (Lipinski definition) is 1. The predicted molar refractivity (Wildman–Crippen MR) is 105 cm³/mol. The average Bonchev–Trinajstić information content (AvgIpc) is 3.13. The predicted octanol–water partition coefficient (Wildman–Crippen LogP) is 4.95. The van der Waals surface area contributed by atoms with Crippen molar-refractivity contribution in [2.24, 2.45) is 5.73 Å². The molecule has 2 N–H and O–H groups in total. The van der Waals surface area contributed by atoms with E-state index in [2.05, 4.69) is 17.0 Å². The fourth-order valence-corrected chi connectivity index (χ4v) is 4.17. The Labute approximate surface area is 180 Å². The molecule has 0 aromatic heterocycles. The molecule has 1 aliphatic rings. The summed E-state index contributed by atoms with van der Waals surface area (Å²) in [5, 5.41) is -0.178. The van der Waals surface area contributed by atoms with E-state index < -0.39 is 11.6 Å². The molecule has 0 radical (unpaired) electrons. The molecule has 0 fully saturated rings. The number of halogens is 3. The fraction of sp³-hybridized carbons (Fsp3) is 0.136. The molecule has 147 valence electrons. The molecule has 1 unspecified atom stereocenters. The van der Waals surface area contributed by atoms with Crippen LogP contribution < -0.4 is 15.2 Å². The van der Waals surface area contributed by atoms with Crippen molar-refractivity contribution in [1.29, 1.82) is 0 Å². The number of methoxy groups -OCH3 is 1. The van der Waals surface area contributed by atoms with Crippen LogP contribution in [-0.2, 0) is 23.4 Å². The van der Waals surface area contributed by atoms with Gasteiger partial charge in [0.25, 0.3) is 0 Å². The molecule has 1 atom stereocenters. The second-order valence-corrected chi connectivity index (χ2v) is 7.77. The first-order chi connectivity index (χ1) is 13.9. The zero-order valence-corrected chi connectivity index (χ0v) is 17.5. The minimum absolute atomic E-state index is 0.0186. The molecule has 3 aromatic carbocycles. The molecule has 3 nitrogen and oxygen atoms in total. The summed E-state index contributed by atoms with van der Waals surface area (Å²) in [7, 11) is 1.36. The third-order valence-corrected chi connectivity index (χ3v) is 5.71. The van der Waals surface area contributed by atoms with Crippen molar-refractivity contribution in [3.63, 3.8) is 0 Å². The van der Waals surface area contributed by atoms with Crippen molar-refractivity contribution in [3.05, 3.63) is 81.9 Å². The molecule has 0 amide bonds. The van der Waals surface area contributed by atoms with Crippen molar-refractivity contribution in [2.75, 3.05) is 7.11 Å². The Morgan fingerprint density at radius 1 is 1.17 bits per heavy atom. The molecule has 1 heterocycles. The summed E-state index contributed by atoms with van der Waals surface area (Å²) >= 11 is 8.53. The molecule has 0 bridgehead atoms. The summed E-state index contributed by atoms with van der Waals surface area (Å²) in [6.07, 6.45) is 0.0992. The minimum atomic E-state index is -0.688. The summed E-state index contributed by atoms with van der Waals surface area (Å²) < 4.78 is 41.5. The molecule has 0 saturated heterocycles. The third kappa shape index (κ3) is 3.49. The van der Waals surface area contributed by atoms with Gasteiger partial charge in [-0.1, -0.05) is 0 Å². The summed E-state index contributed by atoms with van der Waals surface area (Å²) in [5.74, 6) is -0.985. The molecule has 0 aliphatic carbocycles. The van der Waals surface area contributed by atoms with Gasteiger partial charge in [-0.3, -0.25) is 0 Å². The Morgan fingerprint density at radius 3 is 2.55 bits per heavy atom. The van der Waals surface area contributed by atoms with Gasteiger partial charge < -0.3 is 0 Å². The van der Waals surface area contributed by atoms with Crippen LogP contribution in [0.2, 0.25) is 5.02 Å². The van der Waals surface area contributed by atoms with Crippen LogP contribution in [0.3, 0.4) is 0 Å². The monoisotopic (exact) mass is 450 g/mol. The Hall–Kier alpha value is -2.18. The van der Waals surface area contributed by atoms with Crippen LogP contribution in [0.5, 0.6) is 11.5 Å². The number of nitrogens with two attached hydrogens (primary N) is 1. The topological polar surface area (TPSA) is 44.5 Å².